The van der Waals surface area contributed by atoms with Crippen LogP contribution < -0.4 is 10.5 Å². The number of hydrogen-bond acceptors (Lipinski definition) is 6. The first kappa shape index (κ1) is 21.8. The third-order valence-corrected chi connectivity index (χ3v) is 7.56. The first-order chi connectivity index (χ1) is 15.3. The molecular formula is C24H24N4O3S. The van der Waals surface area contributed by atoms with Crippen molar-refractivity contribution in [2.45, 2.75) is 31.6 Å². The summed E-state index contributed by atoms with van der Waals surface area (Å²) in [4.78, 5) is 19.8. The molecule has 32 heavy (non-hydrogen) atoms. The molecule has 1 saturated heterocycles. The molecule has 1 fully saturated rings. The van der Waals surface area contributed by atoms with Gasteiger partial charge in [-0.1, -0.05) is 31.2 Å². The zero-order valence-electron chi connectivity index (χ0n) is 18.0. The van der Waals surface area contributed by atoms with Crippen LogP contribution in [-0.2, 0) is 9.84 Å². The molecule has 7 nitrogen and oxygen atoms in total. The van der Waals surface area contributed by atoms with Crippen molar-refractivity contribution >= 4 is 27.4 Å². The fourth-order valence-electron chi connectivity index (χ4n) is 3.92. The predicted molar refractivity (Wildman–Crippen MR) is 124 cm³/mol. The Morgan fingerprint density at radius 2 is 1.84 bits per heavy atom. The molecule has 0 unspecified atom stereocenters. The maximum atomic E-state index is 13.5. The van der Waals surface area contributed by atoms with E-state index in [1.165, 1.54) is 22.6 Å². The summed E-state index contributed by atoms with van der Waals surface area (Å²) in [5.41, 5.74) is 1.07. The first-order valence-electron chi connectivity index (χ1n) is 10.5. The Hall–Kier alpha value is -3.44. The number of aromatic nitrogens is 2. The van der Waals surface area contributed by atoms with Crippen molar-refractivity contribution in [1.29, 1.82) is 5.26 Å². The Balaban J connectivity index is 1.96. The topological polar surface area (TPSA) is 95.5 Å². The highest BCUT2D eigenvalue weighted by molar-refractivity contribution is 7.95. The molecule has 0 amide bonds. The lowest BCUT2D eigenvalue weighted by atomic mass is 9.99. The van der Waals surface area contributed by atoms with Gasteiger partial charge in [-0.3, -0.25) is 9.20 Å². The Morgan fingerprint density at radius 1 is 1.16 bits per heavy atom. The standard InChI is InChI=1S/C24H24N4O3S/c1-17-10-13-27(14-11-17)23-21(24(29)28-12-6-7-18(2)22(28)26-23)15-20(16-25)32(30,31)19-8-4-3-5-9-19/h3-9,12,15,17H,10-11,13-14H2,1-2H3/b20-15+. The monoisotopic (exact) mass is 448 g/mol. The number of allylic oxidation sites excluding steroid dienone is 1. The second-order valence-corrected chi connectivity index (χ2v) is 10.1. The Kier molecular flexibility index (Phi) is 5.85. The first-order valence-corrected chi connectivity index (χ1v) is 12.0. The predicted octanol–water partition coefficient (Wildman–Crippen LogP) is 3.58. The highest BCUT2D eigenvalue weighted by atomic mass is 32.2. The summed E-state index contributed by atoms with van der Waals surface area (Å²) in [5.74, 6) is 0.994. The lowest BCUT2D eigenvalue weighted by Crippen LogP contribution is -2.36. The number of nitrogens with zero attached hydrogens (tertiary/aromatic N) is 4. The van der Waals surface area contributed by atoms with E-state index in [0.29, 0.717) is 30.5 Å². The van der Waals surface area contributed by atoms with Crippen LogP contribution in [0.4, 0.5) is 5.82 Å². The lowest BCUT2D eigenvalue weighted by Gasteiger charge is -2.32. The van der Waals surface area contributed by atoms with Gasteiger partial charge in [0.05, 0.1) is 10.5 Å². The Labute approximate surface area is 187 Å². The molecule has 0 radical (unpaired) electrons. The van der Waals surface area contributed by atoms with Gasteiger partial charge < -0.3 is 4.90 Å². The van der Waals surface area contributed by atoms with Crippen molar-refractivity contribution in [3.63, 3.8) is 0 Å². The van der Waals surface area contributed by atoms with Gasteiger partial charge in [-0.25, -0.2) is 13.4 Å². The number of piperidine rings is 1. The van der Waals surface area contributed by atoms with Crippen molar-refractivity contribution in [3.8, 4) is 6.07 Å². The summed E-state index contributed by atoms with van der Waals surface area (Å²) < 4.78 is 27.6. The van der Waals surface area contributed by atoms with Crippen LogP contribution in [-0.4, -0.2) is 30.9 Å². The van der Waals surface area contributed by atoms with E-state index in [1.54, 1.807) is 36.5 Å². The van der Waals surface area contributed by atoms with Crippen molar-refractivity contribution in [1.82, 2.24) is 9.38 Å². The van der Waals surface area contributed by atoms with Gasteiger partial charge in [-0.15, -0.1) is 0 Å². The third kappa shape index (κ3) is 3.92. The molecule has 0 bridgehead atoms. The van der Waals surface area contributed by atoms with Crippen molar-refractivity contribution in [2.24, 2.45) is 5.92 Å². The number of nitriles is 1. The van der Waals surface area contributed by atoms with Gasteiger partial charge in [0.25, 0.3) is 5.56 Å². The zero-order valence-corrected chi connectivity index (χ0v) is 18.8. The van der Waals surface area contributed by atoms with E-state index in [9.17, 15) is 18.5 Å². The second kappa shape index (κ2) is 8.60. The maximum absolute atomic E-state index is 13.5. The highest BCUT2D eigenvalue weighted by Gasteiger charge is 2.26. The minimum Gasteiger partial charge on any atom is -0.356 e. The molecular weight excluding hydrogens is 424 g/mol. The van der Waals surface area contributed by atoms with Crippen LogP contribution in [0.2, 0.25) is 0 Å². The molecule has 4 rings (SSSR count). The maximum Gasteiger partial charge on any atom is 0.267 e. The Bertz CT molecular complexity index is 1390. The quantitative estimate of drug-likeness (QED) is 0.566. The van der Waals surface area contributed by atoms with Crippen LogP contribution in [0.5, 0.6) is 0 Å². The molecule has 1 aliphatic rings. The zero-order chi connectivity index (χ0) is 22.9. The SMILES string of the molecule is Cc1cccn2c(=O)c(/C=C(\C#N)S(=O)(=O)c3ccccc3)c(N3CCC(C)CC3)nc12. The average molecular weight is 449 g/mol. The minimum atomic E-state index is -4.08. The number of anilines is 1. The van der Waals surface area contributed by atoms with Crippen molar-refractivity contribution in [3.05, 3.63) is 75.0 Å². The van der Waals surface area contributed by atoms with Crippen LogP contribution in [0, 0.1) is 24.2 Å². The summed E-state index contributed by atoms with van der Waals surface area (Å²) in [5, 5.41) is 9.73. The van der Waals surface area contributed by atoms with Crippen LogP contribution in [0.1, 0.15) is 30.9 Å². The molecule has 2 aromatic heterocycles. The molecule has 1 aromatic carbocycles. The molecule has 1 aliphatic heterocycles. The molecule has 0 saturated carbocycles. The number of rotatable bonds is 4. The number of aryl methyl sites for hydroxylation is 1. The Morgan fingerprint density at radius 3 is 2.50 bits per heavy atom. The summed E-state index contributed by atoms with van der Waals surface area (Å²) in [7, 11) is -4.08. The van der Waals surface area contributed by atoms with E-state index in [-0.39, 0.29) is 10.5 Å². The highest BCUT2D eigenvalue weighted by Crippen LogP contribution is 2.27. The minimum absolute atomic E-state index is 0.00541. The summed E-state index contributed by atoms with van der Waals surface area (Å²) in [6.45, 7) is 5.48. The number of pyridine rings is 1. The smallest absolute Gasteiger partial charge is 0.267 e. The number of hydrogen-bond donors (Lipinski definition) is 0. The number of sulfone groups is 1. The lowest BCUT2D eigenvalue weighted by molar-refractivity contribution is 0.436. The normalized spacial score (nSPS) is 15.7. The van der Waals surface area contributed by atoms with Gasteiger partial charge >= 0.3 is 0 Å². The van der Waals surface area contributed by atoms with Crippen molar-refractivity contribution < 1.29 is 8.42 Å². The molecule has 3 aromatic rings. The van der Waals surface area contributed by atoms with Gasteiger partial charge in [0.15, 0.2) is 0 Å². The average Bonchev–Trinajstić information content (AvgIpc) is 2.80. The second-order valence-electron chi connectivity index (χ2n) is 8.15. The van der Waals surface area contributed by atoms with E-state index in [2.05, 4.69) is 6.92 Å². The molecule has 0 atom stereocenters. The van der Waals surface area contributed by atoms with Crippen LogP contribution in [0.3, 0.4) is 0 Å². The fourth-order valence-corrected chi connectivity index (χ4v) is 5.08. The van der Waals surface area contributed by atoms with E-state index < -0.39 is 20.3 Å². The summed E-state index contributed by atoms with van der Waals surface area (Å²) in [6, 6.07) is 13.2. The van der Waals surface area contributed by atoms with E-state index >= 15 is 0 Å². The molecule has 0 N–H and O–H groups in total. The molecule has 164 valence electrons. The van der Waals surface area contributed by atoms with Gasteiger partial charge in [-0.05, 0) is 55.5 Å². The number of benzene rings is 1. The van der Waals surface area contributed by atoms with Gasteiger partial charge in [-0.2, -0.15) is 5.26 Å². The molecule has 0 spiro atoms. The van der Waals surface area contributed by atoms with E-state index in [4.69, 9.17) is 4.98 Å². The largest absolute Gasteiger partial charge is 0.356 e. The van der Waals surface area contributed by atoms with Gasteiger partial charge in [0.1, 0.15) is 22.4 Å². The summed E-state index contributed by atoms with van der Waals surface area (Å²) >= 11 is 0. The fraction of sp³-hybridized carbons (Fsp3) is 0.292. The molecule has 0 aliphatic carbocycles. The van der Waals surface area contributed by atoms with Crippen molar-refractivity contribution in [2.75, 3.05) is 18.0 Å². The molecule has 3 heterocycles. The van der Waals surface area contributed by atoms with E-state index in [1.807, 2.05) is 17.9 Å². The van der Waals surface area contributed by atoms with Crippen LogP contribution in [0.15, 0.2) is 63.3 Å². The van der Waals surface area contributed by atoms with Crippen LogP contribution in [0.25, 0.3) is 11.7 Å². The van der Waals surface area contributed by atoms with Gasteiger partial charge in [0.2, 0.25) is 9.84 Å². The molecule has 8 heteroatoms. The number of fused-ring (bicyclic) bond motifs is 1. The van der Waals surface area contributed by atoms with Crippen LogP contribution >= 0.6 is 0 Å². The van der Waals surface area contributed by atoms with E-state index in [0.717, 1.165) is 18.4 Å². The van der Waals surface area contributed by atoms with Gasteiger partial charge in [0, 0.05) is 19.3 Å². The third-order valence-electron chi connectivity index (χ3n) is 5.88. The summed E-state index contributed by atoms with van der Waals surface area (Å²) in [6.07, 6.45) is 4.69.